The molecule has 5 rings (SSSR count). The topological polar surface area (TPSA) is 84.4 Å². The molecular weight excluding hydrogens is 374 g/mol. The van der Waals surface area contributed by atoms with Gasteiger partial charge in [-0.3, -0.25) is 4.40 Å². The number of hydrogen-bond acceptors (Lipinski definition) is 6. The van der Waals surface area contributed by atoms with Gasteiger partial charge in [0.05, 0.1) is 16.9 Å². The van der Waals surface area contributed by atoms with Gasteiger partial charge in [0.25, 0.3) is 0 Å². The summed E-state index contributed by atoms with van der Waals surface area (Å²) in [5.41, 5.74) is 10.3. The normalized spacial score (nSPS) is 17.0. The summed E-state index contributed by atoms with van der Waals surface area (Å²) in [6, 6.07) is 10.00. The van der Waals surface area contributed by atoms with Gasteiger partial charge in [-0.05, 0) is 37.1 Å². The van der Waals surface area contributed by atoms with E-state index >= 15 is 0 Å². The van der Waals surface area contributed by atoms with E-state index in [1.807, 2.05) is 41.7 Å². The number of aryl methyl sites for hydroxylation is 1. The summed E-state index contributed by atoms with van der Waals surface area (Å²) >= 11 is 6.39. The summed E-state index contributed by atoms with van der Waals surface area (Å²) < 4.78 is 1.95. The first kappa shape index (κ1) is 17.2. The molecule has 1 saturated heterocycles. The van der Waals surface area contributed by atoms with Crippen molar-refractivity contribution in [1.82, 2.24) is 19.4 Å². The molecule has 1 aromatic carbocycles. The Hall–Kier alpha value is -2.90. The third-order valence-corrected chi connectivity index (χ3v) is 5.51. The SMILES string of the molecule is Cc1cccc(Cl)c1Nc1nc2ccc(N3CC[C@H](N)C3)nc2n2cncc12. The number of imidazole rings is 1. The van der Waals surface area contributed by atoms with Crippen molar-refractivity contribution in [2.24, 2.45) is 5.73 Å². The quantitative estimate of drug-likeness (QED) is 0.554. The zero-order valence-corrected chi connectivity index (χ0v) is 16.2. The van der Waals surface area contributed by atoms with Crippen LogP contribution in [0.3, 0.4) is 0 Å². The molecule has 1 atom stereocenters. The van der Waals surface area contributed by atoms with Gasteiger partial charge in [0.1, 0.15) is 23.2 Å². The highest BCUT2D eigenvalue weighted by Crippen LogP contribution is 2.31. The third-order valence-electron chi connectivity index (χ3n) is 5.20. The Morgan fingerprint density at radius 1 is 1.21 bits per heavy atom. The Morgan fingerprint density at radius 2 is 2.11 bits per heavy atom. The molecule has 0 saturated carbocycles. The number of fused-ring (bicyclic) bond motifs is 3. The molecule has 1 fully saturated rings. The van der Waals surface area contributed by atoms with Crippen molar-refractivity contribution in [3.8, 4) is 0 Å². The summed E-state index contributed by atoms with van der Waals surface area (Å²) in [5, 5.41) is 4.03. The van der Waals surface area contributed by atoms with E-state index in [0.717, 1.165) is 53.3 Å². The zero-order chi connectivity index (χ0) is 19.3. The Bertz CT molecular complexity index is 1170. The van der Waals surface area contributed by atoms with Crippen LogP contribution in [0.25, 0.3) is 16.7 Å². The van der Waals surface area contributed by atoms with Crippen molar-refractivity contribution in [3.05, 3.63) is 53.4 Å². The summed E-state index contributed by atoms with van der Waals surface area (Å²) in [6.07, 6.45) is 4.52. The molecule has 4 aromatic rings. The summed E-state index contributed by atoms with van der Waals surface area (Å²) in [5.74, 6) is 1.61. The number of anilines is 3. The van der Waals surface area contributed by atoms with Crippen LogP contribution in [0.15, 0.2) is 42.9 Å². The molecule has 0 bridgehead atoms. The van der Waals surface area contributed by atoms with E-state index in [1.54, 1.807) is 12.5 Å². The fourth-order valence-electron chi connectivity index (χ4n) is 3.68. The number of nitrogens with zero attached hydrogens (tertiary/aromatic N) is 5. The van der Waals surface area contributed by atoms with Gasteiger partial charge in [-0.2, -0.15) is 0 Å². The number of rotatable bonds is 3. The monoisotopic (exact) mass is 393 g/mol. The minimum absolute atomic E-state index is 0.203. The van der Waals surface area contributed by atoms with E-state index in [9.17, 15) is 0 Å². The maximum atomic E-state index is 6.39. The molecule has 0 amide bonds. The van der Waals surface area contributed by atoms with Crippen molar-refractivity contribution in [3.63, 3.8) is 0 Å². The molecule has 0 aliphatic carbocycles. The van der Waals surface area contributed by atoms with E-state index in [2.05, 4.69) is 15.2 Å². The minimum Gasteiger partial charge on any atom is -0.355 e. The van der Waals surface area contributed by atoms with Crippen LogP contribution in [-0.2, 0) is 0 Å². The second-order valence-corrected chi connectivity index (χ2v) is 7.58. The average molecular weight is 394 g/mol. The van der Waals surface area contributed by atoms with Crippen molar-refractivity contribution in [2.75, 3.05) is 23.3 Å². The molecule has 3 N–H and O–H groups in total. The molecule has 3 aromatic heterocycles. The van der Waals surface area contributed by atoms with Crippen LogP contribution in [-0.4, -0.2) is 38.5 Å². The second-order valence-electron chi connectivity index (χ2n) is 7.17. The van der Waals surface area contributed by atoms with Crippen LogP contribution in [0.2, 0.25) is 5.02 Å². The van der Waals surface area contributed by atoms with Gasteiger partial charge in [-0.1, -0.05) is 23.7 Å². The highest BCUT2D eigenvalue weighted by Gasteiger charge is 2.21. The van der Waals surface area contributed by atoms with E-state index in [4.69, 9.17) is 27.3 Å². The second kappa shape index (κ2) is 6.61. The standard InChI is InChI=1S/C20H20ClN7/c1-12-3-2-4-14(21)18(12)26-19-16-9-23-11-28(16)20-15(24-19)5-6-17(25-20)27-8-7-13(22)10-27/h2-6,9,11,13H,7-8,10,22H2,1H3,(H,24,26)/t13-/m0/s1. The predicted octanol–water partition coefficient (Wildman–Crippen LogP) is 3.52. The number of nitrogens with one attached hydrogen (secondary N) is 1. The highest BCUT2D eigenvalue weighted by molar-refractivity contribution is 6.33. The van der Waals surface area contributed by atoms with Gasteiger partial charge in [-0.15, -0.1) is 0 Å². The van der Waals surface area contributed by atoms with Crippen LogP contribution in [0, 0.1) is 6.92 Å². The number of halogens is 1. The molecule has 7 nitrogen and oxygen atoms in total. The lowest BCUT2D eigenvalue weighted by Gasteiger charge is -2.18. The molecule has 1 aliphatic rings. The fourth-order valence-corrected chi connectivity index (χ4v) is 3.95. The molecule has 0 radical (unpaired) electrons. The van der Waals surface area contributed by atoms with Crippen molar-refractivity contribution >= 4 is 45.6 Å². The van der Waals surface area contributed by atoms with Gasteiger partial charge in [0.2, 0.25) is 0 Å². The van der Waals surface area contributed by atoms with Crippen LogP contribution in [0.1, 0.15) is 12.0 Å². The first-order valence-electron chi connectivity index (χ1n) is 9.25. The number of para-hydroxylation sites is 1. The highest BCUT2D eigenvalue weighted by atomic mass is 35.5. The van der Waals surface area contributed by atoms with Gasteiger partial charge >= 0.3 is 0 Å². The smallest absolute Gasteiger partial charge is 0.166 e. The molecule has 8 heteroatoms. The van der Waals surface area contributed by atoms with Crippen molar-refractivity contribution in [1.29, 1.82) is 0 Å². The average Bonchev–Trinajstić information content (AvgIpc) is 3.34. The third kappa shape index (κ3) is 2.83. The summed E-state index contributed by atoms with van der Waals surface area (Å²) in [6.45, 7) is 3.76. The lowest BCUT2D eigenvalue weighted by Crippen LogP contribution is -2.26. The van der Waals surface area contributed by atoms with Crippen molar-refractivity contribution < 1.29 is 0 Å². The molecule has 28 heavy (non-hydrogen) atoms. The van der Waals surface area contributed by atoms with Crippen LogP contribution >= 0.6 is 11.6 Å². The molecule has 4 heterocycles. The molecule has 1 aliphatic heterocycles. The Balaban J connectivity index is 1.62. The lowest BCUT2D eigenvalue weighted by atomic mass is 10.2. The number of nitrogens with two attached hydrogens (primary N) is 1. The number of aromatic nitrogens is 4. The predicted molar refractivity (Wildman–Crippen MR) is 113 cm³/mol. The Labute approximate surface area is 167 Å². The largest absolute Gasteiger partial charge is 0.355 e. The Kier molecular flexibility index (Phi) is 4.07. The van der Waals surface area contributed by atoms with Crippen LogP contribution in [0.5, 0.6) is 0 Å². The minimum atomic E-state index is 0.203. The maximum absolute atomic E-state index is 6.39. The molecule has 0 unspecified atom stereocenters. The fraction of sp³-hybridized carbons (Fsp3) is 0.250. The summed E-state index contributed by atoms with van der Waals surface area (Å²) in [4.78, 5) is 16.2. The molecular formula is C20H20ClN7. The van der Waals surface area contributed by atoms with E-state index in [0.29, 0.717) is 10.8 Å². The lowest BCUT2D eigenvalue weighted by molar-refractivity contribution is 0.751. The molecule has 0 spiro atoms. The van der Waals surface area contributed by atoms with Gasteiger partial charge in [0.15, 0.2) is 11.5 Å². The van der Waals surface area contributed by atoms with Gasteiger partial charge in [-0.25, -0.2) is 15.0 Å². The maximum Gasteiger partial charge on any atom is 0.166 e. The zero-order valence-electron chi connectivity index (χ0n) is 15.4. The van der Waals surface area contributed by atoms with Crippen molar-refractivity contribution in [2.45, 2.75) is 19.4 Å². The van der Waals surface area contributed by atoms with Crippen LogP contribution in [0.4, 0.5) is 17.3 Å². The number of benzene rings is 1. The first-order valence-corrected chi connectivity index (χ1v) is 9.63. The van der Waals surface area contributed by atoms with E-state index in [-0.39, 0.29) is 6.04 Å². The van der Waals surface area contributed by atoms with E-state index < -0.39 is 0 Å². The number of pyridine rings is 1. The molecule has 142 valence electrons. The van der Waals surface area contributed by atoms with Gasteiger partial charge < -0.3 is 16.0 Å². The first-order chi connectivity index (χ1) is 13.6. The number of hydrogen-bond donors (Lipinski definition) is 2. The van der Waals surface area contributed by atoms with Crippen LogP contribution < -0.4 is 16.0 Å². The van der Waals surface area contributed by atoms with E-state index in [1.165, 1.54) is 0 Å². The van der Waals surface area contributed by atoms with Gasteiger partial charge in [0, 0.05) is 19.1 Å². The Morgan fingerprint density at radius 3 is 2.89 bits per heavy atom. The summed E-state index contributed by atoms with van der Waals surface area (Å²) in [7, 11) is 0.